The molecule has 0 aromatic heterocycles. The lowest BCUT2D eigenvalue weighted by atomic mass is 10.2. The zero-order valence-corrected chi connectivity index (χ0v) is 13.2. The van der Waals surface area contributed by atoms with E-state index in [9.17, 15) is 0 Å². The third-order valence-electron chi connectivity index (χ3n) is 3.39. The molecule has 0 amide bonds. The van der Waals surface area contributed by atoms with Gasteiger partial charge in [-0.3, -0.25) is 0 Å². The topological polar surface area (TPSA) is 33.7 Å². The molecule has 0 bridgehead atoms. The van der Waals surface area contributed by atoms with Crippen molar-refractivity contribution in [2.75, 3.05) is 40.4 Å². The molecule has 4 heteroatoms. The molecule has 0 radical (unpaired) electrons. The minimum Gasteiger partial charge on any atom is -0.497 e. The molecule has 20 heavy (non-hydrogen) atoms. The largest absolute Gasteiger partial charge is 0.497 e. The smallest absolute Gasteiger partial charge is 0.123 e. The Morgan fingerprint density at radius 1 is 1.10 bits per heavy atom. The van der Waals surface area contributed by atoms with E-state index >= 15 is 0 Å². The molecule has 0 aliphatic rings. The van der Waals surface area contributed by atoms with Gasteiger partial charge in [-0.05, 0) is 37.7 Å². The summed E-state index contributed by atoms with van der Waals surface area (Å²) in [4.78, 5) is 2.45. The lowest BCUT2D eigenvalue weighted by molar-refractivity contribution is 0.287. The first-order valence-corrected chi connectivity index (χ1v) is 7.39. The summed E-state index contributed by atoms with van der Waals surface area (Å²) in [5.41, 5.74) is 1.13. The van der Waals surface area contributed by atoms with Crippen molar-refractivity contribution in [2.24, 2.45) is 0 Å². The van der Waals surface area contributed by atoms with Crippen molar-refractivity contribution in [1.82, 2.24) is 10.2 Å². The fourth-order valence-electron chi connectivity index (χ4n) is 2.22. The lowest BCUT2D eigenvalue weighted by Crippen LogP contribution is -2.32. The SMILES string of the molecule is CCCN(CC)CCNCc1cc(OC)ccc1OC. The van der Waals surface area contributed by atoms with Crippen molar-refractivity contribution in [3.8, 4) is 11.5 Å². The lowest BCUT2D eigenvalue weighted by Gasteiger charge is -2.19. The van der Waals surface area contributed by atoms with Crippen LogP contribution < -0.4 is 14.8 Å². The molecule has 0 aliphatic carbocycles. The highest BCUT2D eigenvalue weighted by Crippen LogP contribution is 2.23. The molecule has 0 spiro atoms. The summed E-state index contributed by atoms with van der Waals surface area (Å²) >= 11 is 0. The highest BCUT2D eigenvalue weighted by Gasteiger charge is 2.05. The summed E-state index contributed by atoms with van der Waals surface area (Å²) in [6, 6.07) is 5.89. The highest BCUT2D eigenvalue weighted by molar-refractivity contribution is 5.40. The van der Waals surface area contributed by atoms with E-state index < -0.39 is 0 Å². The maximum Gasteiger partial charge on any atom is 0.123 e. The average Bonchev–Trinajstić information content (AvgIpc) is 2.50. The summed E-state index contributed by atoms with van der Waals surface area (Å²) in [5.74, 6) is 1.77. The molecule has 1 rings (SSSR count). The standard InChI is InChI=1S/C16H28N2O2/c1-5-10-18(6-2)11-9-17-13-14-12-15(19-3)7-8-16(14)20-4/h7-8,12,17H,5-6,9-11,13H2,1-4H3. The number of nitrogens with one attached hydrogen (secondary N) is 1. The molecule has 1 aromatic rings. The first kappa shape index (κ1) is 16.8. The van der Waals surface area contributed by atoms with Crippen LogP contribution in [0.4, 0.5) is 0 Å². The van der Waals surface area contributed by atoms with E-state index in [4.69, 9.17) is 9.47 Å². The molecule has 0 saturated heterocycles. The summed E-state index contributed by atoms with van der Waals surface area (Å²) in [6.45, 7) is 9.56. The zero-order valence-electron chi connectivity index (χ0n) is 13.2. The summed E-state index contributed by atoms with van der Waals surface area (Å²) < 4.78 is 10.6. The van der Waals surface area contributed by atoms with E-state index in [1.807, 2.05) is 18.2 Å². The molecule has 1 N–H and O–H groups in total. The molecule has 0 fully saturated rings. The number of ether oxygens (including phenoxy) is 2. The van der Waals surface area contributed by atoms with Gasteiger partial charge in [0.2, 0.25) is 0 Å². The Bertz CT molecular complexity index is 383. The van der Waals surface area contributed by atoms with Gasteiger partial charge in [-0.15, -0.1) is 0 Å². The highest BCUT2D eigenvalue weighted by atomic mass is 16.5. The van der Waals surface area contributed by atoms with E-state index in [0.29, 0.717) is 0 Å². The first-order chi connectivity index (χ1) is 9.74. The van der Waals surface area contributed by atoms with Crippen molar-refractivity contribution >= 4 is 0 Å². The van der Waals surface area contributed by atoms with Gasteiger partial charge in [-0.2, -0.15) is 0 Å². The molecular weight excluding hydrogens is 252 g/mol. The van der Waals surface area contributed by atoms with Crippen LogP contribution in [-0.4, -0.2) is 45.3 Å². The predicted octanol–water partition coefficient (Wildman–Crippen LogP) is 2.53. The van der Waals surface area contributed by atoms with Crippen LogP contribution in [0.2, 0.25) is 0 Å². The molecule has 4 nitrogen and oxygen atoms in total. The van der Waals surface area contributed by atoms with Gasteiger partial charge in [0.25, 0.3) is 0 Å². The number of rotatable bonds is 10. The number of hydrogen-bond donors (Lipinski definition) is 1. The quantitative estimate of drug-likeness (QED) is 0.668. The van der Waals surface area contributed by atoms with E-state index in [1.54, 1.807) is 14.2 Å². The van der Waals surface area contributed by atoms with Crippen LogP contribution in [0.3, 0.4) is 0 Å². The van der Waals surface area contributed by atoms with Gasteiger partial charge in [0.15, 0.2) is 0 Å². The molecular formula is C16H28N2O2. The Kier molecular flexibility index (Phi) is 8.07. The van der Waals surface area contributed by atoms with Crippen LogP contribution in [0, 0.1) is 0 Å². The Morgan fingerprint density at radius 2 is 1.90 bits per heavy atom. The number of nitrogens with zero attached hydrogens (tertiary/aromatic N) is 1. The molecule has 114 valence electrons. The van der Waals surface area contributed by atoms with Crippen LogP contribution >= 0.6 is 0 Å². The van der Waals surface area contributed by atoms with Gasteiger partial charge in [-0.25, -0.2) is 0 Å². The van der Waals surface area contributed by atoms with E-state index in [1.165, 1.54) is 13.0 Å². The second kappa shape index (κ2) is 9.61. The Hall–Kier alpha value is -1.26. The molecule has 0 saturated carbocycles. The minimum absolute atomic E-state index is 0.796. The fraction of sp³-hybridized carbons (Fsp3) is 0.625. The van der Waals surface area contributed by atoms with E-state index in [0.717, 1.165) is 43.2 Å². The van der Waals surface area contributed by atoms with Crippen LogP contribution in [0.15, 0.2) is 18.2 Å². The van der Waals surface area contributed by atoms with Gasteiger partial charge >= 0.3 is 0 Å². The molecule has 0 aliphatic heterocycles. The fourth-order valence-corrected chi connectivity index (χ4v) is 2.22. The Morgan fingerprint density at radius 3 is 2.50 bits per heavy atom. The van der Waals surface area contributed by atoms with Gasteiger partial charge in [0, 0.05) is 25.2 Å². The second-order valence-corrected chi connectivity index (χ2v) is 4.79. The van der Waals surface area contributed by atoms with Crippen molar-refractivity contribution in [1.29, 1.82) is 0 Å². The van der Waals surface area contributed by atoms with E-state index in [-0.39, 0.29) is 0 Å². The van der Waals surface area contributed by atoms with Crippen molar-refractivity contribution in [3.63, 3.8) is 0 Å². The number of likely N-dealkylation sites (N-methyl/N-ethyl adjacent to an activating group) is 1. The van der Waals surface area contributed by atoms with E-state index in [2.05, 4.69) is 24.1 Å². The first-order valence-electron chi connectivity index (χ1n) is 7.39. The van der Waals surface area contributed by atoms with Crippen molar-refractivity contribution < 1.29 is 9.47 Å². The van der Waals surface area contributed by atoms with Gasteiger partial charge in [0.1, 0.15) is 11.5 Å². The minimum atomic E-state index is 0.796. The molecule has 0 unspecified atom stereocenters. The third kappa shape index (κ3) is 5.39. The monoisotopic (exact) mass is 280 g/mol. The Balaban J connectivity index is 2.44. The maximum atomic E-state index is 5.38. The number of benzene rings is 1. The van der Waals surface area contributed by atoms with Crippen LogP contribution in [0.25, 0.3) is 0 Å². The van der Waals surface area contributed by atoms with Crippen LogP contribution in [0.5, 0.6) is 11.5 Å². The average molecular weight is 280 g/mol. The normalized spacial score (nSPS) is 10.8. The zero-order chi connectivity index (χ0) is 14.8. The third-order valence-corrected chi connectivity index (χ3v) is 3.39. The number of methoxy groups -OCH3 is 2. The summed E-state index contributed by atoms with van der Waals surface area (Å²) in [6.07, 6.45) is 1.21. The van der Waals surface area contributed by atoms with Crippen LogP contribution in [-0.2, 0) is 6.54 Å². The Labute approximate surface area is 123 Å². The van der Waals surface area contributed by atoms with Gasteiger partial charge < -0.3 is 19.7 Å². The second-order valence-electron chi connectivity index (χ2n) is 4.79. The van der Waals surface area contributed by atoms with Gasteiger partial charge in [-0.1, -0.05) is 13.8 Å². The summed E-state index contributed by atoms with van der Waals surface area (Å²) in [5, 5.41) is 3.47. The molecule has 0 atom stereocenters. The predicted molar refractivity (Wildman–Crippen MR) is 83.7 cm³/mol. The van der Waals surface area contributed by atoms with Crippen LogP contribution in [0.1, 0.15) is 25.8 Å². The maximum absolute atomic E-state index is 5.38. The van der Waals surface area contributed by atoms with Crippen molar-refractivity contribution in [3.05, 3.63) is 23.8 Å². The van der Waals surface area contributed by atoms with Gasteiger partial charge in [0.05, 0.1) is 14.2 Å². The van der Waals surface area contributed by atoms with Crippen molar-refractivity contribution in [2.45, 2.75) is 26.8 Å². The molecule has 1 aromatic carbocycles. The molecule has 0 heterocycles. The number of hydrogen-bond acceptors (Lipinski definition) is 4. The summed E-state index contributed by atoms with van der Waals surface area (Å²) in [7, 11) is 3.38.